The van der Waals surface area contributed by atoms with E-state index in [-0.39, 0.29) is 24.2 Å². The zero-order valence-corrected chi connectivity index (χ0v) is 21.6. The SMILES string of the molecule is O=C(OC1C[N+]2(CCCSc3ccncc3)CCC1CC2)N(Cc1ccc(F)cc1)c1ccccc1F. The van der Waals surface area contributed by atoms with E-state index < -0.39 is 11.9 Å². The number of pyridine rings is 1. The fourth-order valence-corrected chi connectivity index (χ4v) is 6.40. The van der Waals surface area contributed by atoms with Gasteiger partial charge in [-0.3, -0.25) is 9.88 Å². The maximum absolute atomic E-state index is 14.7. The van der Waals surface area contributed by atoms with Gasteiger partial charge in [-0.1, -0.05) is 24.3 Å². The van der Waals surface area contributed by atoms with Crippen LogP contribution in [-0.2, 0) is 11.3 Å². The molecule has 0 aliphatic carbocycles. The monoisotopic (exact) mass is 524 g/mol. The van der Waals surface area contributed by atoms with Crippen molar-refractivity contribution in [1.82, 2.24) is 4.98 Å². The Kier molecular flexibility index (Phi) is 8.05. The van der Waals surface area contributed by atoms with Crippen LogP contribution in [0.25, 0.3) is 0 Å². The summed E-state index contributed by atoms with van der Waals surface area (Å²) in [7, 11) is 0. The van der Waals surface area contributed by atoms with E-state index in [4.69, 9.17) is 4.74 Å². The van der Waals surface area contributed by atoms with Crippen molar-refractivity contribution in [3.63, 3.8) is 0 Å². The van der Waals surface area contributed by atoms with Gasteiger partial charge >= 0.3 is 6.09 Å². The number of hydrogen-bond acceptors (Lipinski definition) is 4. The minimum absolute atomic E-state index is 0.101. The number of aromatic nitrogens is 1. The van der Waals surface area contributed by atoms with E-state index in [1.54, 1.807) is 30.3 Å². The van der Waals surface area contributed by atoms with Crippen molar-refractivity contribution in [2.75, 3.05) is 36.8 Å². The molecule has 0 spiro atoms. The smallest absolute Gasteiger partial charge is 0.415 e. The largest absolute Gasteiger partial charge is 0.440 e. The number of hydrogen-bond donors (Lipinski definition) is 0. The van der Waals surface area contributed by atoms with E-state index in [2.05, 4.69) is 4.98 Å². The number of halogens is 2. The summed E-state index contributed by atoms with van der Waals surface area (Å²) in [5.41, 5.74) is 0.862. The first-order valence-corrected chi connectivity index (χ1v) is 13.8. The van der Waals surface area contributed by atoms with Crippen molar-refractivity contribution in [2.24, 2.45) is 5.92 Å². The fourth-order valence-electron chi connectivity index (χ4n) is 5.58. The van der Waals surface area contributed by atoms with E-state index >= 15 is 0 Å². The lowest BCUT2D eigenvalue weighted by molar-refractivity contribution is -0.946. The van der Waals surface area contributed by atoms with Crippen molar-refractivity contribution >= 4 is 23.5 Å². The van der Waals surface area contributed by atoms with Crippen molar-refractivity contribution in [3.8, 4) is 0 Å². The number of anilines is 1. The normalized spacial score (nSPS) is 22.5. The van der Waals surface area contributed by atoms with Crippen LogP contribution in [0.2, 0.25) is 0 Å². The molecule has 0 N–H and O–H groups in total. The van der Waals surface area contributed by atoms with Gasteiger partial charge in [-0.25, -0.2) is 13.6 Å². The third-order valence-electron chi connectivity index (χ3n) is 7.61. The molecule has 1 unspecified atom stereocenters. The quantitative estimate of drug-likeness (QED) is 0.187. The van der Waals surface area contributed by atoms with Crippen LogP contribution in [0.5, 0.6) is 0 Å². The van der Waals surface area contributed by atoms with E-state index in [1.165, 1.54) is 28.0 Å². The van der Waals surface area contributed by atoms with Crippen molar-refractivity contribution in [3.05, 3.63) is 90.3 Å². The van der Waals surface area contributed by atoms with Crippen LogP contribution in [-0.4, -0.2) is 53.6 Å². The summed E-state index contributed by atoms with van der Waals surface area (Å²) < 4.78 is 35.2. The molecule has 3 aliphatic heterocycles. The molecule has 2 bridgehead atoms. The van der Waals surface area contributed by atoms with Gasteiger partial charge in [0.05, 0.1) is 31.9 Å². The highest BCUT2D eigenvalue weighted by Crippen LogP contribution is 2.37. The Morgan fingerprint density at radius 2 is 1.76 bits per heavy atom. The minimum Gasteiger partial charge on any atom is -0.440 e. The topological polar surface area (TPSA) is 42.4 Å². The summed E-state index contributed by atoms with van der Waals surface area (Å²) >= 11 is 1.85. The summed E-state index contributed by atoms with van der Waals surface area (Å²) in [6, 6.07) is 16.2. The molecule has 3 saturated heterocycles. The van der Waals surface area contributed by atoms with Crippen LogP contribution >= 0.6 is 11.8 Å². The van der Waals surface area contributed by atoms with Crippen molar-refractivity contribution in [1.29, 1.82) is 0 Å². The van der Waals surface area contributed by atoms with Gasteiger partial charge in [-0.2, -0.15) is 0 Å². The molecule has 0 radical (unpaired) electrons. The van der Waals surface area contributed by atoms with Crippen LogP contribution in [0.15, 0.2) is 78.0 Å². The highest BCUT2D eigenvalue weighted by molar-refractivity contribution is 7.99. The fraction of sp³-hybridized carbons (Fsp3) is 0.379. The highest BCUT2D eigenvalue weighted by atomic mass is 32.2. The minimum atomic E-state index is -0.556. The average molecular weight is 525 g/mol. The predicted octanol–water partition coefficient (Wildman–Crippen LogP) is 6.29. The average Bonchev–Trinajstić information content (AvgIpc) is 2.92. The number of ether oxygens (including phenoxy) is 1. The Bertz CT molecular complexity index is 1190. The molecule has 3 aromatic rings. The Hall–Kier alpha value is -2.97. The first-order valence-electron chi connectivity index (χ1n) is 12.9. The van der Waals surface area contributed by atoms with Gasteiger partial charge in [-0.05, 0) is 42.0 Å². The maximum Gasteiger partial charge on any atom is 0.415 e. The van der Waals surface area contributed by atoms with E-state index in [9.17, 15) is 13.6 Å². The van der Waals surface area contributed by atoms with Crippen LogP contribution in [0.4, 0.5) is 19.3 Å². The van der Waals surface area contributed by atoms with Gasteiger partial charge in [0.2, 0.25) is 0 Å². The van der Waals surface area contributed by atoms with E-state index in [0.29, 0.717) is 11.5 Å². The molecular formula is C29H32F2N3O2S+. The Labute approximate surface area is 221 Å². The van der Waals surface area contributed by atoms with Crippen LogP contribution in [0, 0.1) is 17.6 Å². The van der Waals surface area contributed by atoms with Gasteiger partial charge in [0, 0.05) is 48.2 Å². The molecule has 1 amide bonds. The zero-order chi connectivity index (χ0) is 25.7. The van der Waals surface area contributed by atoms with Gasteiger partial charge in [0.25, 0.3) is 0 Å². The molecule has 37 heavy (non-hydrogen) atoms. The third-order valence-corrected chi connectivity index (χ3v) is 8.70. The third kappa shape index (κ3) is 6.30. The molecule has 1 aromatic heterocycles. The molecular weight excluding hydrogens is 492 g/mol. The first kappa shape index (κ1) is 25.7. The second kappa shape index (κ2) is 11.6. The molecule has 3 fully saturated rings. The summed E-state index contributed by atoms with van der Waals surface area (Å²) in [4.78, 5) is 20.1. The van der Waals surface area contributed by atoms with E-state index in [1.807, 2.05) is 36.3 Å². The van der Waals surface area contributed by atoms with E-state index in [0.717, 1.165) is 55.7 Å². The molecule has 4 heterocycles. The number of carbonyl (C=O) groups is 1. The lowest BCUT2D eigenvalue weighted by atomic mass is 9.83. The second-order valence-corrected chi connectivity index (χ2v) is 11.2. The predicted molar refractivity (Wildman–Crippen MR) is 141 cm³/mol. The number of piperidine rings is 3. The number of fused-ring (bicyclic) bond motifs is 3. The Balaban J connectivity index is 1.24. The van der Waals surface area contributed by atoms with Gasteiger partial charge < -0.3 is 9.22 Å². The number of rotatable bonds is 9. The number of thioether (sulfide) groups is 1. The molecule has 2 aromatic carbocycles. The van der Waals surface area contributed by atoms with Gasteiger partial charge in [0.15, 0.2) is 6.10 Å². The van der Waals surface area contributed by atoms with Crippen LogP contribution < -0.4 is 4.90 Å². The number of amides is 1. The number of nitrogens with zero attached hydrogens (tertiary/aromatic N) is 3. The summed E-state index contributed by atoms with van der Waals surface area (Å²) in [6.45, 7) is 4.20. The first-order chi connectivity index (χ1) is 18.0. The highest BCUT2D eigenvalue weighted by Gasteiger charge is 2.47. The van der Waals surface area contributed by atoms with Gasteiger partial charge in [0.1, 0.15) is 18.2 Å². The molecule has 5 nitrogen and oxygen atoms in total. The Morgan fingerprint density at radius 3 is 2.49 bits per heavy atom. The summed E-state index contributed by atoms with van der Waals surface area (Å²) in [5.74, 6) is 0.523. The second-order valence-electron chi connectivity index (χ2n) is 10.0. The Morgan fingerprint density at radius 1 is 1.03 bits per heavy atom. The molecule has 1 atom stereocenters. The molecule has 8 heteroatoms. The number of para-hydroxylation sites is 1. The number of benzene rings is 2. The van der Waals surface area contributed by atoms with Crippen molar-refractivity contribution < 1.29 is 22.8 Å². The molecule has 0 saturated carbocycles. The maximum atomic E-state index is 14.7. The molecule has 6 rings (SSSR count). The van der Waals surface area contributed by atoms with Gasteiger partial charge in [-0.15, -0.1) is 11.8 Å². The standard InChI is InChI=1S/C29H32F2N3O2S/c30-24-8-6-22(7-9-24)20-33(27-5-2-1-4-26(27)31)29(35)36-28-21-34(17-12-23(28)13-18-34)16-3-19-37-25-10-14-32-15-11-25/h1-2,4-11,14-15,23,28H,3,12-13,16-21H2/q+1. The van der Waals surface area contributed by atoms with Crippen LogP contribution in [0.3, 0.4) is 0 Å². The van der Waals surface area contributed by atoms with Crippen molar-refractivity contribution in [2.45, 2.75) is 36.8 Å². The zero-order valence-electron chi connectivity index (χ0n) is 20.8. The lowest BCUT2D eigenvalue weighted by Crippen LogP contribution is -2.65. The summed E-state index contributed by atoms with van der Waals surface area (Å²) in [6.07, 6.45) is 6.05. The molecule has 3 aliphatic rings. The van der Waals surface area contributed by atoms with Crippen LogP contribution in [0.1, 0.15) is 24.8 Å². The summed E-state index contributed by atoms with van der Waals surface area (Å²) in [5, 5.41) is 0. The number of carbonyl (C=O) groups excluding carboxylic acids is 1. The number of quaternary nitrogens is 1. The lowest BCUT2D eigenvalue weighted by Gasteiger charge is -2.52. The molecule has 194 valence electrons.